The van der Waals surface area contributed by atoms with Crippen molar-refractivity contribution in [3.05, 3.63) is 0 Å². The van der Waals surface area contributed by atoms with Crippen molar-refractivity contribution >= 4 is 36.4 Å². The van der Waals surface area contributed by atoms with E-state index in [-0.39, 0.29) is 25.2 Å². The number of carboxylic acid groups (broad SMARTS) is 2. The fourth-order valence-electron chi connectivity index (χ4n) is 1.46. The summed E-state index contributed by atoms with van der Waals surface area (Å²) in [7, 11) is 6.16. The highest BCUT2D eigenvalue weighted by Gasteiger charge is 2.20. The lowest BCUT2D eigenvalue weighted by Gasteiger charge is -2.21. The van der Waals surface area contributed by atoms with Gasteiger partial charge in [0.15, 0.2) is 0 Å². The molecule has 158 valence electrons. The van der Waals surface area contributed by atoms with Crippen LogP contribution in [0.3, 0.4) is 0 Å². The normalized spacial score (nSPS) is 12.8. The van der Waals surface area contributed by atoms with Crippen LogP contribution in [0.4, 0.5) is 0 Å². The number of likely N-dealkylation sites (N-methyl/N-ethyl adjacent to an activating group) is 1. The molecule has 0 radical (unpaired) electrons. The Labute approximate surface area is 163 Å². The number of quaternary nitrogens is 1. The third kappa shape index (κ3) is 17.3. The zero-order valence-electron chi connectivity index (χ0n) is 15.8. The first-order valence-corrected chi connectivity index (χ1v) is 8.76. The van der Waals surface area contributed by atoms with Gasteiger partial charge in [0.2, 0.25) is 11.8 Å². The van der Waals surface area contributed by atoms with Gasteiger partial charge < -0.3 is 36.2 Å². The molecule has 0 heterocycles. The number of nitrogens with zero attached hydrogens (tertiary/aromatic N) is 1. The molecule has 0 aliphatic heterocycles. The smallest absolute Gasteiger partial charge is 0.322 e. The third-order valence-electron chi connectivity index (χ3n) is 3.02. The van der Waals surface area contributed by atoms with Crippen molar-refractivity contribution in [3.63, 3.8) is 0 Å². The summed E-state index contributed by atoms with van der Waals surface area (Å²) in [4.78, 5) is 43.7. The molecule has 0 aromatic rings. The van der Waals surface area contributed by atoms with Crippen molar-refractivity contribution in [2.24, 2.45) is 5.73 Å². The summed E-state index contributed by atoms with van der Waals surface area (Å²) in [6.45, 7) is 0.548. The molecule has 0 aliphatic carbocycles. The van der Waals surface area contributed by atoms with E-state index in [4.69, 9.17) is 21.1 Å². The van der Waals surface area contributed by atoms with Gasteiger partial charge in [0.25, 0.3) is 0 Å². The first kappa shape index (κ1) is 27.3. The van der Waals surface area contributed by atoms with Crippen molar-refractivity contribution in [2.75, 3.05) is 46.6 Å². The number of nitrogens with two attached hydrogens (primary N) is 1. The van der Waals surface area contributed by atoms with Crippen LogP contribution in [-0.2, 0) is 19.2 Å². The summed E-state index contributed by atoms with van der Waals surface area (Å²) < 4.78 is 0.844. The second kappa shape index (κ2) is 14.2. The maximum absolute atomic E-state index is 11.5. The monoisotopic (exact) mass is 411 g/mol. The molecule has 2 amide bonds. The lowest BCUT2D eigenvalue weighted by Crippen LogP contribution is -2.49. The Bertz CT molecular complexity index is 497. The number of nitrogens with one attached hydrogen (secondary N) is 2. The Morgan fingerprint density at radius 3 is 2.04 bits per heavy atom. The summed E-state index contributed by atoms with van der Waals surface area (Å²) in [5.41, 5.74) is 5.23. The molecule has 2 atom stereocenters. The second-order valence-corrected chi connectivity index (χ2v) is 7.00. The van der Waals surface area contributed by atoms with E-state index in [1.807, 2.05) is 0 Å². The summed E-state index contributed by atoms with van der Waals surface area (Å²) >= 11 is 3.87. The summed E-state index contributed by atoms with van der Waals surface area (Å²) in [6, 6.07) is -2.15. The predicted octanol–water partition coefficient (Wildman–Crippen LogP) is -2.52. The number of carbonyl (C=O) groups excluding carboxylic acids is 2. The highest BCUT2D eigenvalue weighted by atomic mass is 32.1. The van der Waals surface area contributed by atoms with Crippen LogP contribution in [0.5, 0.6) is 0 Å². The number of carboxylic acids is 2. The number of aliphatic hydroxyl groups excluding tert-OH is 1. The van der Waals surface area contributed by atoms with E-state index in [0.29, 0.717) is 0 Å². The van der Waals surface area contributed by atoms with Crippen LogP contribution in [0.1, 0.15) is 12.8 Å². The fraction of sp³-hybridized carbons (Fsp3) is 0.733. The van der Waals surface area contributed by atoms with Crippen LogP contribution in [0.15, 0.2) is 0 Å². The second-order valence-electron chi connectivity index (χ2n) is 6.64. The summed E-state index contributed by atoms with van der Waals surface area (Å²) in [5.74, 6) is -3.70. The van der Waals surface area contributed by atoms with Crippen LogP contribution in [0, 0.1) is 0 Å². The van der Waals surface area contributed by atoms with Crippen LogP contribution in [0.2, 0.25) is 0 Å². The molecular formula is C15H31N4O7S+. The fourth-order valence-corrected chi connectivity index (χ4v) is 1.71. The Balaban J connectivity index is 0. The van der Waals surface area contributed by atoms with Gasteiger partial charge in [0.05, 0.1) is 27.7 Å². The van der Waals surface area contributed by atoms with Gasteiger partial charge in [-0.3, -0.25) is 19.2 Å². The minimum absolute atomic E-state index is 0.0256. The molecule has 2 unspecified atom stereocenters. The van der Waals surface area contributed by atoms with Crippen molar-refractivity contribution in [2.45, 2.75) is 24.9 Å². The molecule has 0 aromatic carbocycles. The predicted molar refractivity (Wildman–Crippen MR) is 101 cm³/mol. The van der Waals surface area contributed by atoms with Crippen molar-refractivity contribution < 1.29 is 39.0 Å². The molecule has 0 saturated carbocycles. The number of aliphatic carboxylic acids is 2. The molecule has 0 rings (SSSR count). The van der Waals surface area contributed by atoms with Gasteiger partial charge in [-0.1, -0.05) is 0 Å². The minimum Gasteiger partial charge on any atom is -0.480 e. The Morgan fingerprint density at radius 2 is 1.70 bits per heavy atom. The molecule has 0 aliphatic rings. The topological polar surface area (TPSA) is 179 Å². The van der Waals surface area contributed by atoms with E-state index in [1.54, 1.807) is 0 Å². The van der Waals surface area contributed by atoms with Gasteiger partial charge in [-0.25, -0.2) is 0 Å². The Morgan fingerprint density at radius 1 is 1.15 bits per heavy atom. The highest BCUT2D eigenvalue weighted by Crippen LogP contribution is 1.97. The SMILES string of the molecule is C[N+](C)(C)CCO.NC(CCC(=O)NC(CS)C(=O)NCC(=O)O)C(=O)O. The van der Waals surface area contributed by atoms with E-state index >= 15 is 0 Å². The Hall–Kier alpha value is -1.89. The number of aliphatic hydroxyl groups is 1. The van der Waals surface area contributed by atoms with Crippen LogP contribution in [-0.4, -0.2) is 102 Å². The summed E-state index contributed by atoms with van der Waals surface area (Å²) in [5, 5.41) is 29.8. The number of amides is 2. The average Bonchev–Trinajstić information content (AvgIpc) is 2.54. The van der Waals surface area contributed by atoms with Gasteiger partial charge >= 0.3 is 11.9 Å². The lowest BCUT2D eigenvalue weighted by atomic mass is 10.1. The number of carbonyl (C=O) groups is 4. The van der Waals surface area contributed by atoms with E-state index < -0.39 is 42.4 Å². The maximum Gasteiger partial charge on any atom is 0.322 e. The molecular weight excluding hydrogens is 380 g/mol. The van der Waals surface area contributed by atoms with Gasteiger partial charge in [0, 0.05) is 12.2 Å². The zero-order chi connectivity index (χ0) is 21.6. The van der Waals surface area contributed by atoms with Crippen LogP contribution < -0.4 is 16.4 Å². The van der Waals surface area contributed by atoms with Gasteiger partial charge in [-0.05, 0) is 6.42 Å². The first-order valence-electron chi connectivity index (χ1n) is 8.13. The standard InChI is InChI=1S/C10H17N3O6S.C5H14NO/c11-5(10(18)19)1-2-7(14)13-6(4-20)9(17)12-3-8(15)16;1-6(2,3)4-5-7/h5-6,20H,1-4,11H2,(H,12,17)(H,13,14)(H,15,16)(H,18,19);7H,4-5H2,1-3H3/q;+1. The van der Waals surface area contributed by atoms with Crippen molar-refractivity contribution in [3.8, 4) is 0 Å². The maximum atomic E-state index is 11.5. The zero-order valence-corrected chi connectivity index (χ0v) is 16.7. The lowest BCUT2D eigenvalue weighted by molar-refractivity contribution is -0.870. The first-order chi connectivity index (χ1) is 12.3. The molecule has 0 spiro atoms. The number of hydrogen-bond donors (Lipinski definition) is 7. The molecule has 0 saturated heterocycles. The molecule has 12 heteroatoms. The number of hydrogen-bond acceptors (Lipinski definition) is 7. The van der Waals surface area contributed by atoms with E-state index in [1.165, 1.54) is 0 Å². The molecule has 11 nitrogen and oxygen atoms in total. The molecule has 0 fully saturated rings. The molecule has 7 N–H and O–H groups in total. The minimum atomic E-state index is -1.22. The van der Waals surface area contributed by atoms with Crippen LogP contribution >= 0.6 is 12.6 Å². The van der Waals surface area contributed by atoms with E-state index in [0.717, 1.165) is 11.0 Å². The molecule has 0 bridgehead atoms. The van der Waals surface area contributed by atoms with Gasteiger partial charge in [0.1, 0.15) is 25.2 Å². The molecule has 27 heavy (non-hydrogen) atoms. The van der Waals surface area contributed by atoms with E-state index in [9.17, 15) is 19.2 Å². The number of rotatable bonds is 11. The number of thiol groups is 1. The quantitative estimate of drug-likeness (QED) is 0.144. The van der Waals surface area contributed by atoms with Crippen LogP contribution in [0.25, 0.3) is 0 Å². The summed E-state index contributed by atoms with van der Waals surface area (Å²) in [6.07, 6.45) is -0.235. The van der Waals surface area contributed by atoms with E-state index in [2.05, 4.69) is 44.4 Å². The third-order valence-corrected chi connectivity index (χ3v) is 3.38. The highest BCUT2D eigenvalue weighted by molar-refractivity contribution is 7.80. The average molecular weight is 412 g/mol. The van der Waals surface area contributed by atoms with Gasteiger partial charge in [-0.2, -0.15) is 12.6 Å². The largest absolute Gasteiger partial charge is 0.480 e. The Kier molecular flexibility index (Phi) is 14.4. The molecule has 0 aromatic heterocycles. The van der Waals surface area contributed by atoms with Gasteiger partial charge in [-0.15, -0.1) is 0 Å². The van der Waals surface area contributed by atoms with Crippen molar-refractivity contribution in [1.82, 2.24) is 10.6 Å². The van der Waals surface area contributed by atoms with Crippen molar-refractivity contribution in [1.29, 1.82) is 0 Å².